The van der Waals surface area contributed by atoms with E-state index in [1.807, 2.05) is 6.08 Å². The van der Waals surface area contributed by atoms with Crippen molar-refractivity contribution in [3.8, 4) is 0 Å². The molecule has 22 heavy (non-hydrogen) atoms. The van der Waals surface area contributed by atoms with Gasteiger partial charge in [0.1, 0.15) is 12.6 Å². The SMILES string of the molecule is C=CC=O.CCCC(C)CCC.CCCCC=CC=CC=O. The van der Waals surface area contributed by atoms with Gasteiger partial charge in [0.25, 0.3) is 0 Å². The van der Waals surface area contributed by atoms with Crippen molar-refractivity contribution in [1.82, 2.24) is 0 Å². The maximum absolute atomic E-state index is 9.77. The summed E-state index contributed by atoms with van der Waals surface area (Å²) in [5.74, 6) is 0.963. The van der Waals surface area contributed by atoms with Gasteiger partial charge in [-0.15, -0.1) is 0 Å². The molecule has 0 rings (SSSR count). The number of rotatable bonds is 10. The predicted molar refractivity (Wildman–Crippen MR) is 99.1 cm³/mol. The van der Waals surface area contributed by atoms with Gasteiger partial charge in [-0.25, -0.2) is 0 Å². The highest BCUT2D eigenvalue weighted by Crippen LogP contribution is 2.10. The van der Waals surface area contributed by atoms with Crippen LogP contribution >= 0.6 is 0 Å². The van der Waals surface area contributed by atoms with Crippen molar-refractivity contribution in [1.29, 1.82) is 0 Å². The van der Waals surface area contributed by atoms with Gasteiger partial charge in [-0.3, -0.25) is 9.59 Å². The topological polar surface area (TPSA) is 34.1 Å². The van der Waals surface area contributed by atoms with Crippen LogP contribution in [-0.4, -0.2) is 12.6 Å². The molecule has 0 aromatic rings. The fourth-order valence-electron chi connectivity index (χ4n) is 1.74. The minimum atomic E-state index is 0.639. The van der Waals surface area contributed by atoms with Gasteiger partial charge in [-0.05, 0) is 24.5 Å². The van der Waals surface area contributed by atoms with Crippen LogP contribution in [0.15, 0.2) is 37.0 Å². The van der Waals surface area contributed by atoms with Gasteiger partial charge in [0.05, 0.1) is 0 Å². The molecule has 0 saturated heterocycles. The molecule has 128 valence electrons. The second-order valence-electron chi connectivity index (χ2n) is 5.15. The molecular weight excluding hydrogens is 272 g/mol. The first-order chi connectivity index (χ1) is 10.6. The van der Waals surface area contributed by atoms with Crippen LogP contribution in [0.2, 0.25) is 0 Å². The standard InChI is InChI=1S/C9H14O.C8H18.C3H4O/c1-2-3-4-5-6-7-8-9-10;1-4-6-8(3)7-5-2;1-2-3-4/h5-9H,2-4H2,1H3;8H,4-7H2,1-3H3;2-3H,1H2. The molecule has 0 amide bonds. The van der Waals surface area contributed by atoms with Crippen molar-refractivity contribution >= 4 is 12.6 Å². The van der Waals surface area contributed by atoms with E-state index in [2.05, 4.69) is 40.3 Å². The number of hydrogen-bond donors (Lipinski definition) is 0. The minimum absolute atomic E-state index is 0.639. The lowest BCUT2D eigenvalue weighted by Gasteiger charge is -2.05. The lowest BCUT2D eigenvalue weighted by Crippen LogP contribution is -1.91. The fourth-order valence-corrected chi connectivity index (χ4v) is 1.74. The molecule has 0 aromatic carbocycles. The molecule has 0 aliphatic carbocycles. The predicted octanol–water partition coefficient (Wildman–Crippen LogP) is 6.08. The van der Waals surface area contributed by atoms with E-state index in [9.17, 15) is 4.79 Å². The smallest absolute Gasteiger partial charge is 0.142 e. The molecule has 0 spiro atoms. The zero-order valence-corrected chi connectivity index (χ0v) is 15.1. The quantitative estimate of drug-likeness (QED) is 0.212. The molecule has 0 aliphatic rings. The van der Waals surface area contributed by atoms with Gasteiger partial charge in [0.15, 0.2) is 0 Å². The maximum atomic E-state index is 9.77. The Morgan fingerprint density at radius 2 is 1.41 bits per heavy atom. The van der Waals surface area contributed by atoms with Gasteiger partial charge in [-0.2, -0.15) is 0 Å². The molecule has 0 aliphatic heterocycles. The van der Waals surface area contributed by atoms with Crippen LogP contribution < -0.4 is 0 Å². The van der Waals surface area contributed by atoms with Gasteiger partial charge >= 0.3 is 0 Å². The fraction of sp³-hybridized carbons (Fsp3) is 0.600. The molecule has 2 nitrogen and oxygen atoms in total. The van der Waals surface area contributed by atoms with Gasteiger partial charge in [-0.1, -0.05) is 91.0 Å². The van der Waals surface area contributed by atoms with Crippen molar-refractivity contribution in [2.24, 2.45) is 5.92 Å². The maximum Gasteiger partial charge on any atom is 0.142 e. The van der Waals surface area contributed by atoms with E-state index < -0.39 is 0 Å². The van der Waals surface area contributed by atoms with Gasteiger partial charge < -0.3 is 0 Å². The Morgan fingerprint density at radius 1 is 0.864 bits per heavy atom. The van der Waals surface area contributed by atoms with Crippen LogP contribution in [0, 0.1) is 5.92 Å². The van der Waals surface area contributed by atoms with Crippen molar-refractivity contribution < 1.29 is 9.59 Å². The molecule has 0 heterocycles. The molecule has 0 fully saturated rings. The largest absolute Gasteiger partial charge is 0.299 e. The van der Waals surface area contributed by atoms with Gasteiger partial charge in [0.2, 0.25) is 0 Å². The Kier molecular flexibility index (Phi) is 32.3. The van der Waals surface area contributed by atoms with Crippen molar-refractivity contribution in [2.75, 3.05) is 0 Å². The molecule has 0 unspecified atom stereocenters. The summed E-state index contributed by atoms with van der Waals surface area (Å²) in [6.45, 7) is 12.1. The summed E-state index contributed by atoms with van der Waals surface area (Å²) in [5.41, 5.74) is 0. The average Bonchev–Trinajstić information content (AvgIpc) is 2.52. The molecule has 0 N–H and O–H groups in total. The van der Waals surface area contributed by atoms with Crippen LogP contribution in [0.1, 0.15) is 72.6 Å². The Morgan fingerprint density at radius 3 is 1.77 bits per heavy atom. The second kappa shape index (κ2) is 27.8. The first-order valence-electron chi connectivity index (χ1n) is 8.47. The first-order valence-corrected chi connectivity index (χ1v) is 8.47. The molecule has 2 heteroatoms. The van der Waals surface area contributed by atoms with Crippen molar-refractivity contribution in [3.05, 3.63) is 37.0 Å². The summed E-state index contributed by atoms with van der Waals surface area (Å²) in [6, 6.07) is 0. The highest BCUT2D eigenvalue weighted by molar-refractivity contribution is 5.65. The van der Waals surface area contributed by atoms with E-state index in [-0.39, 0.29) is 0 Å². The Hall–Kier alpha value is -1.44. The lowest BCUT2D eigenvalue weighted by molar-refractivity contribution is -0.104. The number of carbonyl (C=O) groups excluding carboxylic acids is 2. The first kappa shape index (κ1) is 25.5. The van der Waals surface area contributed by atoms with Gasteiger partial charge in [0, 0.05) is 0 Å². The lowest BCUT2D eigenvalue weighted by atomic mass is 10.0. The highest BCUT2D eigenvalue weighted by atomic mass is 16.1. The zero-order valence-electron chi connectivity index (χ0n) is 15.1. The normalized spacial score (nSPS) is 9.86. The number of aldehydes is 2. The average molecular weight is 309 g/mol. The summed E-state index contributed by atoms with van der Waals surface area (Å²) in [6.07, 6.45) is 18.9. The van der Waals surface area contributed by atoms with Crippen LogP contribution in [0.3, 0.4) is 0 Å². The van der Waals surface area contributed by atoms with E-state index in [1.54, 1.807) is 6.08 Å². The number of hydrogen-bond acceptors (Lipinski definition) is 2. The van der Waals surface area contributed by atoms with Crippen LogP contribution in [0.25, 0.3) is 0 Å². The Bertz CT molecular complexity index is 265. The third kappa shape index (κ3) is 36.3. The molecule has 0 aromatic heterocycles. The number of carbonyl (C=O) groups is 2. The summed E-state index contributed by atoms with van der Waals surface area (Å²) >= 11 is 0. The van der Waals surface area contributed by atoms with E-state index in [4.69, 9.17) is 4.79 Å². The van der Waals surface area contributed by atoms with Crippen LogP contribution in [0.4, 0.5) is 0 Å². The molecular formula is C20H36O2. The zero-order chi connectivity index (χ0) is 17.5. The third-order valence-corrected chi connectivity index (χ3v) is 2.82. The van der Waals surface area contributed by atoms with Crippen molar-refractivity contribution in [3.63, 3.8) is 0 Å². The molecule has 0 radical (unpaired) electrons. The van der Waals surface area contributed by atoms with E-state index in [1.165, 1.54) is 50.7 Å². The van der Waals surface area contributed by atoms with E-state index >= 15 is 0 Å². The second-order valence-corrected chi connectivity index (χ2v) is 5.15. The minimum Gasteiger partial charge on any atom is -0.299 e. The summed E-state index contributed by atoms with van der Waals surface area (Å²) in [7, 11) is 0. The summed E-state index contributed by atoms with van der Waals surface area (Å²) < 4.78 is 0. The van der Waals surface area contributed by atoms with Crippen molar-refractivity contribution in [2.45, 2.75) is 72.6 Å². The Labute approximate surface area is 138 Å². The molecule has 0 bridgehead atoms. The van der Waals surface area contributed by atoms with E-state index in [0.29, 0.717) is 6.29 Å². The highest BCUT2D eigenvalue weighted by Gasteiger charge is 1.95. The summed E-state index contributed by atoms with van der Waals surface area (Å²) in [4.78, 5) is 18.8. The Balaban J connectivity index is -0.000000269. The van der Waals surface area contributed by atoms with Crippen LogP contribution in [-0.2, 0) is 9.59 Å². The molecule has 0 saturated carbocycles. The molecule has 0 atom stereocenters. The van der Waals surface area contributed by atoms with E-state index in [0.717, 1.165) is 18.6 Å². The number of allylic oxidation sites excluding steroid dienone is 5. The monoisotopic (exact) mass is 308 g/mol. The summed E-state index contributed by atoms with van der Waals surface area (Å²) in [5, 5.41) is 0. The third-order valence-electron chi connectivity index (χ3n) is 2.82. The number of unbranched alkanes of at least 4 members (excludes halogenated alkanes) is 2. The van der Waals surface area contributed by atoms with Crippen LogP contribution in [0.5, 0.6) is 0 Å².